The van der Waals surface area contributed by atoms with Crippen molar-refractivity contribution in [2.24, 2.45) is 5.92 Å². The number of carbonyl (C=O) groups excluding carboxylic acids is 2. The number of aryl methyl sites for hydroxylation is 1. The molecule has 0 bridgehead atoms. The Morgan fingerprint density at radius 1 is 1.04 bits per heavy atom. The Kier molecular flexibility index (Phi) is 7.03. The molecule has 4 nitrogen and oxygen atoms in total. The second-order valence-electron chi connectivity index (χ2n) is 7.66. The number of nitrogens with zero attached hydrogens (tertiary/aromatic N) is 1. The van der Waals surface area contributed by atoms with Gasteiger partial charge in [-0.25, -0.2) is 0 Å². The summed E-state index contributed by atoms with van der Waals surface area (Å²) < 4.78 is 0. The van der Waals surface area contributed by atoms with Gasteiger partial charge in [-0.2, -0.15) is 0 Å². The molecule has 2 rings (SSSR count). The summed E-state index contributed by atoms with van der Waals surface area (Å²) in [7, 11) is 1.89. The van der Waals surface area contributed by atoms with Crippen LogP contribution in [-0.4, -0.2) is 35.8 Å². The molecule has 0 radical (unpaired) electrons. The molecule has 1 fully saturated rings. The predicted molar refractivity (Wildman–Crippen MR) is 102 cm³/mol. The Bertz CT molecular complexity index is 572. The Balaban J connectivity index is 2.06. The minimum Gasteiger partial charge on any atom is -0.341 e. The minimum absolute atomic E-state index is 0.0300. The van der Waals surface area contributed by atoms with Crippen LogP contribution in [0.1, 0.15) is 68.3 Å². The lowest BCUT2D eigenvalue weighted by Crippen LogP contribution is -2.52. The molecular formula is C21H32N2O2. The van der Waals surface area contributed by atoms with Gasteiger partial charge in [-0.05, 0) is 37.8 Å². The quantitative estimate of drug-likeness (QED) is 0.823. The third kappa shape index (κ3) is 5.32. The summed E-state index contributed by atoms with van der Waals surface area (Å²) in [6.07, 6.45) is 7.03. The molecule has 1 N–H and O–H groups in total. The first-order chi connectivity index (χ1) is 11.9. The summed E-state index contributed by atoms with van der Waals surface area (Å²) in [5.74, 6) is -0.0983. The zero-order valence-electron chi connectivity index (χ0n) is 16.0. The molecule has 1 aliphatic carbocycles. The van der Waals surface area contributed by atoms with Crippen LogP contribution < -0.4 is 5.32 Å². The Morgan fingerprint density at radius 3 is 2.12 bits per heavy atom. The lowest BCUT2D eigenvalue weighted by molar-refractivity contribution is -0.135. The molecule has 0 aliphatic heterocycles. The van der Waals surface area contributed by atoms with E-state index in [-0.39, 0.29) is 17.7 Å². The topological polar surface area (TPSA) is 49.4 Å². The lowest BCUT2D eigenvalue weighted by Gasteiger charge is -2.32. The average molecular weight is 344 g/mol. The highest BCUT2D eigenvalue weighted by Crippen LogP contribution is 2.22. The zero-order valence-corrected chi connectivity index (χ0v) is 16.0. The Morgan fingerprint density at radius 2 is 1.60 bits per heavy atom. The number of carbonyl (C=O) groups is 2. The van der Waals surface area contributed by atoms with E-state index in [4.69, 9.17) is 0 Å². The van der Waals surface area contributed by atoms with E-state index in [0.29, 0.717) is 11.6 Å². The Labute approximate surface area is 152 Å². The molecule has 0 unspecified atom stereocenters. The summed E-state index contributed by atoms with van der Waals surface area (Å²) in [5.41, 5.74) is 1.71. The molecule has 0 spiro atoms. The van der Waals surface area contributed by atoms with Gasteiger partial charge in [-0.15, -0.1) is 0 Å². The molecule has 1 atom stereocenters. The van der Waals surface area contributed by atoms with Gasteiger partial charge >= 0.3 is 0 Å². The van der Waals surface area contributed by atoms with Gasteiger partial charge in [0.25, 0.3) is 5.91 Å². The number of hydrogen-bond donors (Lipinski definition) is 1. The van der Waals surface area contributed by atoms with Crippen molar-refractivity contribution in [3.63, 3.8) is 0 Å². The molecule has 25 heavy (non-hydrogen) atoms. The fourth-order valence-corrected chi connectivity index (χ4v) is 3.49. The smallest absolute Gasteiger partial charge is 0.251 e. The first-order valence-corrected chi connectivity index (χ1v) is 9.54. The SMILES string of the molecule is Cc1ccc(C(=O)N[C@H](C(=O)N(C)C2CCCCCC2)C(C)C)cc1. The van der Waals surface area contributed by atoms with E-state index in [1.165, 1.54) is 25.7 Å². The molecule has 0 saturated heterocycles. The largest absolute Gasteiger partial charge is 0.341 e. The highest BCUT2D eigenvalue weighted by molar-refractivity contribution is 5.97. The van der Waals surface area contributed by atoms with Crippen LogP contribution in [0.3, 0.4) is 0 Å². The van der Waals surface area contributed by atoms with Crippen LogP contribution in [0.4, 0.5) is 0 Å². The van der Waals surface area contributed by atoms with E-state index in [1.54, 1.807) is 0 Å². The van der Waals surface area contributed by atoms with E-state index < -0.39 is 6.04 Å². The van der Waals surface area contributed by atoms with E-state index in [0.717, 1.165) is 18.4 Å². The molecule has 1 aromatic rings. The van der Waals surface area contributed by atoms with Gasteiger partial charge in [0, 0.05) is 18.7 Å². The average Bonchev–Trinajstić information content (AvgIpc) is 2.88. The Hall–Kier alpha value is -1.84. The number of likely N-dealkylation sites (N-methyl/N-ethyl adjacent to an activating group) is 1. The number of benzene rings is 1. The van der Waals surface area contributed by atoms with Crippen molar-refractivity contribution in [1.29, 1.82) is 0 Å². The fourth-order valence-electron chi connectivity index (χ4n) is 3.49. The maximum atomic E-state index is 13.0. The normalized spacial score (nSPS) is 17.0. The summed E-state index contributed by atoms with van der Waals surface area (Å²) in [5, 5.41) is 2.96. The monoisotopic (exact) mass is 344 g/mol. The van der Waals surface area contributed by atoms with Crippen molar-refractivity contribution in [3.05, 3.63) is 35.4 Å². The molecule has 0 heterocycles. The van der Waals surface area contributed by atoms with Crippen molar-refractivity contribution in [2.45, 2.75) is 71.4 Å². The van der Waals surface area contributed by atoms with Gasteiger partial charge in [0.15, 0.2) is 0 Å². The van der Waals surface area contributed by atoms with Gasteiger partial charge in [-0.1, -0.05) is 57.2 Å². The van der Waals surface area contributed by atoms with Crippen LogP contribution in [0, 0.1) is 12.8 Å². The molecule has 2 amide bonds. The standard InChI is InChI=1S/C21H32N2O2/c1-15(2)19(22-20(24)17-13-11-16(3)12-14-17)21(25)23(4)18-9-7-5-6-8-10-18/h11-15,18-19H,5-10H2,1-4H3,(H,22,24)/t19-/m0/s1. The minimum atomic E-state index is -0.484. The van der Waals surface area contributed by atoms with E-state index >= 15 is 0 Å². The highest BCUT2D eigenvalue weighted by Gasteiger charge is 2.30. The van der Waals surface area contributed by atoms with Crippen LogP contribution >= 0.6 is 0 Å². The van der Waals surface area contributed by atoms with Crippen molar-refractivity contribution >= 4 is 11.8 Å². The number of rotatable bonds is 5. The fraction of sp³-hybridized carbons (Fsp3) is 0.619. The molecular weight excluding hydrogens is 312 g/mol. The third-order valence-electron chi connectivity index (χ3n) is 5.25. The first kappa shape index (κ1) is 19.5. The van der Waals surface area contributed by atoms with E-state index in [1.807, 2.05) is 57.0 Å². The summed E-state index contributed by atoms with van der Waals surface area (Å²) in [6, 6.07) is 7.26. The van der Waals surface area contributed by atoms with Crippen LogP contribution in [0.2, 0.25) is 0 Å². The maximum Gasteiger partial charge on any atom is 0.251 e. The predicted octanol–water partition coefficient (Wildman–Crippen LogP) is 3.93. The van der Waals surface area contributed by atoms with Crippen LogP contribution in [0.25, 0.3) is 0 Å². The van der Waals surface area contributed by atoms with Crippen molar-refractivity contribution in [1.82, 2.24) is 10.2 Å². The third-order valence-corrected chi connectivity index (χ3v) is 5.25. The number of hydrogen-bond acceptors (Lipinski definition) is 2. The number of nitrogens with one attached hydrogen (secondary N) is 1. The summed E-state index contributed by atoms with van der Waals surface area (Å²) in [4.78, 5) is 27.5. The van der Waals surface area contributed by atoms with Gasteiger partial charge in [0.1, 0.15) is 6.04 Å². The summed E-state index contributed by atoms with van der Waals surface area (Å²) >= 11 is 0. The van der Waals surface area contributed by atoms with E-state index in [9.17, 15) is 9.59 Å². The zero-order chi connectivity index (χ0) is 18.4. The van der Waals surface area contributed by atoms with Gasteiger partial charge in [0.2, 0.25) is 5.91 Å². The second kappa shape index (κ2) is 9.02. The summed E-state index contributed by atoms with van der Waals surface area (Å²) in [6.45, 7) is 5.96. The van der Waals surface area contributed by atoms with Crippen molar-refractivity contribution in [3.8, 4) is 0 Å². The molecule has 1 saturated carbocycles. The van der Waals surface area contributed by atoms with Crippen LogP contribution in [0.5, 0.6) is 0 Å². The second-order valence-corrected chi connectivity index (χ2v) is 7.66. The molecule has 138 valence electrons. The van der Waals surface area contributed by atoms with Gasteiger partial charge < -0.3 is 10.2 Å². The van der Waals surface area contributed by atoms with Crippen molar-refractivity contribution in [2.75, 3.05) is 7.05 Å². The van der Waals surface area contributed by atoms with E-state index in [2.05, 4.69) is 5.32 Å². The molecule has 1 aliphatic rings. The highest BCUT2D eigenvalue weighted by atomic mass is 16.2. The van der Waals surface area contributed by atoms with Crippen LogP contribution in [0.15, 0.2) is 24.3 Å². The van der Waals surface area contributed by atoms with Crippen molar-refractivity contribution < 1.29 is 9.59 Å². The first-order valence-electron chi connectivity index (χ1n) is 9.54. The molecule has 4 heteroatoms. The lowest BCUT2D eigenvalue weighted by atomic mass is 9.99. The maximum absolute atomic E-state index is 13.0. The molecule has 1 aromatic carbocycles. The van der Waals surface area contributed by atoms with Gasteiger partial charge in [0.05, 0.1) is 0 Å². The molecule has 0 aromatic heterocycles. The number of amides is 2. The van der Waals surface area contributed by atoms with Crippen LogP contribution in [-0.2, 0) is 4.79 Å². The van der Waals surface area contributed by atoms with Gasteiger partial charge in [-0.3, -0.25) is 9.59 Å².